The highest BCUT2D eigenvalue weighted by atomic mass is 35.5. The molecule has 2 heterocycles. The summed E-state index contributed by atoms with van der Waals surface area (Å²) in [6, 6.07) is 16.4. The lowest BCUT2D eigenvalue weighted by Gasteiger charge is -2.53. The molecule has 2 aromatic carbocycles. The lowest BCUT2D eigenvalue weighted by atomic mass is 9.69. The monoisotopic (exact) mass is 382 g/mol. The summed E-state index contributed by atoms with van der Waals surface area (Å²) in [5, 5.41) is 3.47. The molecule has 0 bridgehead atoms. The third-order valence-corrected chi connectivity index (χ3v) is 5.67. The number of fused-ring (bicyclic) bond motifs is 3. The van der Waals surface area contributed by atoms with E-state index in [2.05, 4.69) is 34.5 Å². The molecule has 0 radical (unpaired) electrons. The van der Waals surface area contributed by atoms with Crippen LogP contribution in [0.4, 0.5) is 4.39 Å². The topological polar surface area (TPSA) is 15.3 Å². The van der Waals surface area contributed by atoms with Crippen molar-refractivity contribution in [2.24, 2.45) is 0 Å². The number of hydrogen-bond acceptors (Lipinski definition) is 2. The number of benzene rings is 2. The number of nitrogens with zero attached hydrogens (tertiary/aromatic N) is 1. The number of rotatable bonds is 2. The minimum absolute atomic E-state index is 0. The summed E-state index contributed by atoms with van der Waals surface area (Å²) in [5.41, 5.74) is 3.92. The second-order valence-corrected chi connectivity index (χ2v) is 6.74. The van der Waals surface area contributed by atoms with Gasteiger partial charge in [0.25, 0.3) is 0 Å². The van der Waals surface area contributed by atoms with Crippen molar-refractivity contribution in [2.45, 2.75) is 30.8 Å². The molecule has 2 unspecified atom stereocenters. The first-order valence-corrected chi connectivity index (χ1v) is 8.51. The molecule has 25 heavy (non-hydrogen) atoms. The van der Waals surface area contributed by atoms with Crippen molar-refractivity contribution in [1.82, 2.24) is 10.2 Å². The fraction of sp³-hybridized carbons (Fsp3) is 0.400. The summed E-state index contributed by atoms with van der Waals surface area (Å²) < 4.78 is 13.5. The average Bonchev–Trinajstić information content (AvgIpc) is 2.61. The van der Waals surface area contributed by atoms with Gasteiger partial charge in [0.05, 0.1) is 5.54 Å². The Kier molecular flexibility index (Phi) is 6.50. The van der Waals surface area contributed by atoms with E-state index in [1.54, 1.807) is 12.1 Å². The molecule has 2 aliphatic heterocycles. The van der Waals surface area contributed by atoms with Gasteiger partial charge in [0, 0.05) is 19.1 Å². The normalized spacial score (nSPS) is 25.1. The van der Waals surface area contributed by atoms with E-state index in [1.165, 1.54) is 23.1 Å². The molecule has 2 aliphatic rings. The van der Waals surface area contributed by atoms with Crippen molar-refractivity contribution >= 4 is 24.8 Å². The van der Waals surface area contributed by atoms with Crippen LogP contribution in [-0.4, -0.2) is 31.1 Å². The standard InChI is InChI=1S/C20H23FN2.2ClH/c1-22-18-11-13-23-12-10-15-4-2-3-5-19(15)20(23,14-18)16-6-8-17(21)9-7-16;;/h2-9,18,22H,10-14H2,1H3;2*1H. The van der Waals surface area contributed by atoms with Gasteiger partial charge in [0.1, 0.15) is 5.82 Å². The smallest absolute Gasteiger partial charge is 0.123 e. The Morgan fingerprint density at radius 1 is 1.04 bits per heavy atom. The molecule has 2 atom stereocenters. The van der Waals surface area contributed by atoms with E-state index in [-0.39, 0.29) is 36.2 Å². The molecule has 2 aromatic rings. The van der Waals surface area contributed by atoms with E-state index in [9.17, 15) is 4.39 Å². The summed E-state index contributed by atoms with van der Waals surface area (Å²) in [6.07, 6.45) is 3.30. The minimum Gasteiger partial charge on any atom is -0.317 e. The van der Waals surface area contributed by atoms with Crippen LogP contribution in [0.25, 0.3) is 0 Å². The van der Waals surface area contributed by atoms with Crippen LogP contribution in [0, 0.1) is 5.82 Å². The highest BCUT2D eigenvalue weighted by Gasteiger charge is 2.47. The minimum atomic E-state index is -0.165. The van der Waals surface area contributed by atoms with Crippen LogP contribution in [0.2, 0.25) is 0 Å². The van der Waals surface area contributed by atoms with Gasteiger partial charge in [-0.1, -0.05) is 36.4 Å². The van der Waals surface area contributed by atoms with Gasteiger partial charge in [-0.05, 0) is 55.1 Å². The summed E-state index contributed by atoms with van der Waals surface area (Å²) >= 11 is 0. The number of nitrogens with one attached hydrogen (secondary N) is 1. The SMILES string of the molecule is CNC1CCN2CCc3ccccc3C2(c2ccc(F)cc2)C1.Cl.Cl. The zero-order valence-corrected chi connectivity index (χ0v) is 16.0. The van der Waals surface area contributed by atoms with Crippen molar-refractivity contribution in [3.8, 4) is 0 Å². The molecule has 0 amide bonds. The Labute approximate surface area is 161 Å². The molecule has 5 heteroatoms. The average molecular weight is 383 g/mol. The Morgan fingerprint density at radius 3 is 2.48 bits per heavy atom. The summed E-state index contributed by atoms with van der Waals surface area (Å²) in [5.74, 6) is -0.165. The van der Waals surface area contributed by atoms with Crippen LogP contribution >= 0.6 is 24.8 Å². The van der Waals surface area contributed by atoms with Gasteiger partial charge in [-0.2, -0.15) is 0 Å². The van der Waals surface area contributed by atoms with E-state index in [4.69, 9.17) is 0 Å². The van der Waals surface area contributed by atoms with E-state index in [0.717, 1.165) is 25.9 Å². The molecule has 0 aromatic heterocycles. The van der Waals surface area contributed by atoms with Gasteiger partial charge in [-0.15, -0.1) is 24.8 Å². The van der Waals surface area contributed by atoms with E-state index < -0.39 is 0 Å². The lowest BCUT2D eigenvalue weighted by Crippen LogP contribution is -2.58. The summed E-state index contributed by atoms with van der Waals surface area (Å²) in [6.45, 7) is 2.15. The molecule has 0 spiro atoms. The van der Waals surface area contributed by atoms with Crippen LogP contribution in [0.5, 0.6) is 0 Å². The van der Waals surface area contributed by atoms with Gasteiger partial charge in [0.2, 0.25) is 0 Å². The maximum absolute atomic E-state index is 13.5. The highest BCUT2D eigenvalue weighted by molar-refractivity contribution is 5.85. The van der Waals surface area contributed by atoms with Crippen molar-refractivity contribution in [3.63, 3.8) is 0 Å². The van der Waals surface area contributed by atoms with E-state index >= 15 is 0 Å². The second kappa shape index (κ2) is 8.05. The van der Waals surface area contributed by atoms with Crippen molar-refractivity contribution < 1.29 is 4.39 Å². The van der Waals surface area contributed by atoms with Crippen LogP contribution in [0.1, 0.15) is 29.5 Å². The third kappa shape index (κ3) is 3.31. The zero-order chi connectivity index (χ0) is 15.9. The number of hydrogen-bond donors (Lipinski definition) is 1. The third-order valence-electron chi connectivity index (χ3n) is 5.67. The zero-order valence-electron chi connectivity index (χ0n) is 14.4. The van der Waals surface area contributed by atoms with Gasteiger partial charge < -0.3 is 5.32 Å². The fourth-order valence-corrected chi connectivity index (χ4v) is 4.50. The van der Waals surface area contributed by atoms with Gasteiger partial charge >= 0.3 is 0 Å². The second-order valence-electron chi connectivity index (χ2n) is 6.74. The van der Waals surface area contributed by atoms with Crippen LogP contribution in [0.15, 0.2) is 48.5 Å². The molecule has 2 nitrogen and oxygen atoms in total. The molecule has 1 saturated heterocycles. The Bertz CT molecular complexity index is 707. The first kappa shape index (κ1) is 20.2. The first-order chi connectivity index (χ1) is 11.2. The van der Waals surface area contributed by atoms with Crippen molar-refractivity contribution in [2.75, 3.05) is 20.1 Å². The number of halogens is 3. The number of piperidine rings is 1. The predicted octanol–water partition coefficient (Wildman–Crippen LogP) is 4.15. The molecular weight excluding hydrogens is 358 g/mol. The van der Waals surface area contributed by atoms with Gasteiger partial charge in [-0.3, -0.25) is 4.90 Å². The maximum atomic E-state index is 13.5. The maximum Gasteiger partial charge on any atom is 0.123 e. The fourth-order valence-electron chi connectivity index (χ4n) is 4.50. The molecule has 0 aliphatic carbocycles. The Balaban J connectivity index is 0.00000113. The van der Waals surface area contributed by atoms with Gasteiger partial charge in [-0.25, -0.2) is 4.39 Å². The molecule has 0 saturated carbocycles. The van der Waals surface area contributed by atoms with Crippen molar-refractivity contribution in [3.05, 3.63) is 71.0 Å². The molecule has 1 fully saturated rings. The summed E-state index contributed by atoms with van der Waals surface area (Å²) in [7, 11) is 2.05. The van der Waals surface area contributed by atoms with Crippen LogP contribution in [0.3, 0.4) is 0 Å². The van der Waals surface area contributed by atoms with Crippen LogP contribution < -0.4 is 5.32 Å². The molecule has 136 valence electrons. The lowest BCUT2D eigenvalue weighted by molar-refractivity contribution is 0.0511. The van der Waals surface area contributed by atoms with E-state index in [1.807, 2.05) is 19.2 Å². The first-order valence-electron chi connectivity index (χ1n) is 8.51. The molecular formula is C20H25Cl2FN2. The highest BCUT2D eigenvalue weighted by Crippen LogP contribution is 2.47. The van der Waals surface area contributed by atoms with Gasteiger partial charge in [0.15, 0.2) is 0 Å². The Morgan fingerprint density at radius 2 is 1.76 bits per heavy atom. The predicted molar refractivity (Wildman–Crippen MR) is 105 cm³/mol. The van der Waals surface area contributed by atoms with Crippen LogP contribution in [-0.2, 0) is 12.0 Å². The molecule has 1 N–H and O–H groups in total. The largest absolute Gasteiger partial charge is 0.317 e. The molecule has 4 rings (SSSR count). The summed E-state index contributed by atoms with van der Waals surface area (Å²) in [4.78, 5) is 2.61. The van der Waals surface area contributed by atoms with Crippen molar-refractivity contribution in [1.29, 1.82) is 0 Å². The Hall–Kier alpha value is -1.13. The quantitative estimate of drug-likeness (QED) is 0.838. The van der Waals surface area contributed by atoms with E-state index in [0.29, 0.717) is 6.04 Å².